The van der Waals surface area contributed by atoms with E-state index in [1.54, 1.807) is 23.1 Å². The number of nitro groups is 1. The molecule has 134 valence electrons. The molecular weight excluding hydrogens is 354 g/mol. The molecule has 0 aliphatic carbocycles. The number of hydrogen-bond acceptors (Lipinski definition) is 4. The number of carbonyl (C=O) groups is 1. The first-order chi connectivity index (χ1) is 12.5. The second kappa shape index (κ2) is 8.01. The molecule has 1 amide bonds. The largest absolute Gasteiger partial charge is 0.368 e. The fourth-order valence-electron chi connectivity index (χ4n) is 2.87. The second-order valence-corrected chi connectivity index (χ2v) is 6.41. The first-order valence-corrected chi connectivity index (χ1v) is 8.63. The van der Waals surface area contributed by atoms with Crippen molar-refractivity contribution in [3.63, 3.8) is 0 Å². The summed E-state index contributed by atoms with van der Waals surface area (Å²) < 4.78 is 0. The van der Waals surface area contributed by atoms with E-state index in [2.05, 4.69) is 4.90 Å². The highest BCUT2D eigenvalue weighted by atomic mass is 35.5. The van der Waals surface area contributed by atoms with Crippen molar-refractivity contribution in [1.29, 1.82) is 0 Å². The second-order valence-electron chi connectivity index (χ2n) is 5.98. The van der Waals surface area contributed by atoms with Gasteiger partial charge in [0, 0.05) is 55.1 Å². The molecule has 0 spiro atoms. The van der Waals surface area contributed by atoms with E-state index in [0.29, 0.717) is 23.7 Å². The summed E-state index contributed by atoms with van der Waals surface area (Å²) >= 11 is 6.03. The Hall–Kier alpha value is -2.86. The molecule has 3 rings (SSSR count). The molecule has 1 heterocycles. The number of non-ortho nitro benzene ring substituents is 1. The van der Waals surface area contributed by atoms with Crippen LogP contribution >= 0.6 is 11.6 Å². The van der Waals surface area contributed by atoms with Crippen LogP contribution in [0.4, 0.5) is 11.4 Å². The summed E-state index contributed by atoms with van der Waals surface area (Å²) in [6, 6.07) is 13.9. The summed E-state index contributed by atoms with van der Waals surface area (Å²) in [4.78, 5) is 26.7. The fourth-order valence-corrected chi connectivity index (χ4v) is 3.06. The molecule has 2 aromatic carbocycles. The molecule has 0 aromatic heterocycles. The Balaban J connectivity index is 1.58. The Morgan fingerprint density at radius 1 is 1.08 bits per heavy atom. The van der Waals surface area contributed by atoms with Gasteiger partial charge in [0.1, 0.15) is 0 Å². The molecule has 1 saturated heterocycles. The van der Waals surface area contributed by atoms with Crippen LogP contribution in [0.5, 0.6) is 0 Å². The minimum atomic E-state index is -0.450. The summed E-state index contributed by atoms with van der Waals surface area (Å²) in [6.45, 7) is 2.70. The Bertz CT molecular complexity index is 845. The maximum Gasteiger partial charge on any atom is 0.270 e. The summed E-state index contributed by atoms with van der Waals surface area (Å²) in [5.74, 6) is -0.0951. The van der Waals surface area contributed by atoms with Crippen molar-refractivity contribution < 1.29 is 9.72 Å². The summed E-state index contributed by atoms with van der Waals surface area (Å²) in [5, 5.41) is 11.5. The predicted molar refractivity (Wildman–Crippen MR) is 102 cm³/mol. The lowest BCUT2D eigenvalue weighted by Crippen LogP contribution is -2.48. The van der Waals surface area contributed by atoms with Gasteiger partial charge in [-0.2, -0.15) is 0 Å². The highest BCUT2D eigenvalue weighted by Gasteiger charge is 2.20. The zero-order valence-corrected chi connectivity index (χ0v) is 14.8. The Morgan fingerprint density at radius 2 is 1.81 bits per heavy atom. The van der Waals surface area contributed by atoms with Gasteiger partial charge in [0.2, 0.25) is 5.91 Å². The Kier molecular flexibility index (Phi) is 5.53. The number of hydrogen-bond donors (Lipinski definition) is 0. The van der Waals surface area contributed by atoms with Crippen LogP contribution in [0.1, 0.15) is 5.56 Å². The average molecular weight is 372 g/mol. The number of piperazine rings is 1. The number of nitrogens with zero attached hydrogens (tertiary/aromatic N) is 3. The van der Waals surface area contributed by atoms with Gasteiger partial charge in [0.05, 0.1) is 4.92 Å². The van der Waals surface area contributed by atoms with E-state index >= 15 is 0 Å². The molecule has 1 aliphatic rings. The molecular formula is C19H18ClN3O3. The smallest absolute Gasteiger partial charge is 0.270 e. The molecule has 0 saturated carbocycles. The number of anilines is 1. The van der Waals surface area contributed by atoms with Crippen molar-refractivity contribution in [3.05, 3.63) is 75.3 Å². The van der Waals surface area contributed by atoms with Crippen LogP contribution < -0.4 is 4.90 Å². The lowest BCUT2D eigenvalue weighted by Gasteiger charge is -2.35. The Morgan fingerprint density at radius 3 is 2.50 bits per heavy atom. The molecule has 0 atom stereocenters. The first-order valence-electron chi connectivity index (χ1n) is 8.25. The first kappa shape index (κ1) is 17.9. The van der Waals surface area contributed by atoms with Crippen LogP contribution in [0.25, 0.3) is 6.08 Å². The van der Waals surface area contributed by atoms with Crippen molar-refractivity contribution in [2.75, 3.05) is 31.1 Å². The van der Waals surface area contributed by atoms with Gasteiger partial charge in [0.15, 0.2) is 0 Å². The zero-order chi connectivity index (χ0) is 18.5. The predicted octanol–water partition coefficient (Wildman–Crippen LogP) is 3.61. The molecule has 0 bridgehead atoms. The SMILES string of the molecule is O=C(/C=C/c1cccc([N+](=O)[O-])c1)N1CCN(c2cccc(Cl)c2)CC1. The third-order valence-electron chi connectivity index (χ3n) is 4.26. The van der Waals surface area contributed by atoms with E-state index in [4.69, 9.17) is 11.6 Å². The van der Waals surface area contributed by atoms with Crippen LogP contribution in [-0.4, -0.2) is 41.9 Å². The van der Waals surface area contributed by atoms with Crippen LogP contribution in [0.15, 0.2) is 54.6 Å². The quantitative estimate of drug-likeness (QED) is 0.468. The van der Waals surface area contributed by atoms with E-state index in [9.17, 15) is 14.9 Å². The number of amides is 1. The summed E-state index contributed by atoms with van der Waals surface area (Å²) in [5.41, 5.74) is 1.69. The molecule has 0 N–H and O–H groups in total. The monoisotopic (exact) mass is 371 g/mol. The number of benzene rings is 2. The van der Waals surface area contributed by atoms with Crippen molar-refractivity contribution in [1.82, 2.24) is 4.90 Å². The lowest BCUT2D eigenvalue weighted by molar-refractivity contribution is -0.384. The highest BCUT2D eigenvalue weighted by Crippen LogP contribution is 2.21. The topological polar surface area (TPSA) is 66.7 Å². The van der Waals surface area contributed by atoms with E-state index in [1.165, 1.54) is 18.2 Å². The van der Waals surface area contributed by atoms with Crippen LogP contribution in [0, 0.1) is 10.1 Å². The van der Waals surface area contributed by atoms with E-state index in [1.807, 2.05) is 24.3 Å². The molecule has 1 fully saturated rings. The number of carbonyl (C=O) groups excluding carboxylic acids is 1. The fraction of sp³-hybridized carbons (Fsp3) is 0.211. The molecule has 2 aromatic rings. The van der Waals surface area contributed by atoms with Crippen LogP contribution in [0.3, 0.4) is 0 Å². The maximum atomic E-state index is 12.4. The molecule has 26 heavy (non-hydrogen) atoms. The third-order valence-corrected chi connectivity index (χ3v) is 4.50. The summed E-state index contributed by atoms with van der Waals surface area (Å²) in [7, 11) is 0. The van der Waals surface area contributed by atoms with Gasteiger partial charge in [-0.25, -0.2) is 0 Å². The van der Waals surface area contributed by atoms with Gasteiger partial charge in [-0.15, -0.1) is 0 Å². The average Bonchev–Trinajstić information content (AvgIpc) is 2.66. The van der Waals surface area contributed by atoms with E-state index in [-0.39, 0.29) is 11.6 Å². The van der Waals surface area contributed by atoms with Gasteiger partial charge in [-0.05, 0) is 29.8 Å². The van der Waals surface area contributed by atoms with Gasteiger partial charge >= 0.3 is 0 Å². The number of halogens is 1. The van der Waals surface area contributed by atoms with Gasteiger partial charge in [-0.3, -0.25) is 14.9 Å². The number of rotatable bonds is 4. The molecule has 0 unspecified atom stereocenters. The molecule has 1 aliphatic heterocycles. The van der Waals surface area contributed by atoms with Crippen molar-refractivity contribution in [3.8, 4) is 0 Å². The minimum absolute atomic E-state index is 0.00901. The van der Waals surface area contributed by atoms with Crippen LogP contribution in [0.2, 0.25) is 5.02 Å². The van der Waals surface area contributed by atoms with E-state index in [0.717, 1.165) is 18.8 Å². The third kappa shape index (κ3) is 4.40. The van der Waals surface area contributed by atoms with Crippen LogP contribution in [-0.2, 0) is 4.79 Å². The normalized spacial score (nSPS) is 14.7. The lowest BCUT2D eigenvalue weighted by atomic mass is 10.2. The molecule has 0 radical (unpaired) electrons. The maximum absolute atomic E-state index is 12.4. The zero-order valence-electron chi connectivity index (χ0n) is 14.0. The molecule has 7 heteroatoms. The van der Waals surface area contributed by atoms with Gasteiger partial charge in [0.25, 0.3) is 5.69 Å². The van der Waals surface area contributed by atoms with Gasteiger partial charge < -0.3 is 9.80 Å². The summed E-state index contributed by atoms with van der Waals surface area (Å²) in [6.07, 6.45) is 3.08. The number of nitro benzene ring substituents is 1. The standard InChI is InChI=1S/C19H18ClN3O3/c20-16-4-2-5-17(14-16)21-9-11-22(12-10-21)19(24)8-7-15-3-1-6-18(13-15)23(25)26/h1-8,13-14H,9-12H2/b8-7+. The minimum Gasteiger partial charge on any atom is -0.368 e. The molecule has 6 nitrogen and oxygen atoms in total. The Labute approximate surface area is 156 Å². The van der Waals surface area contributed by atoms with Crippen molar-refractivity contribution in [2.45, 2.75) is 0 Å². The van der Waals surface area contributed by atoms with E-state index < -0.39 is 4.92 Å². The van der Waals surface area contributed by atoms with Crippen molar-refractivity contribution in [2.24, 2.45) is 0 Å². The van der Waals surface area contributed by atoms with Gasteiger partial charge in [-0.1, -0.05) is 29.8 Å². The van der Waals surface area contributed by atoms with Crippen molar-refractivity contribution >= 4 is 35.0 Å². The highest BCUT2D eigenvalue weighted by molar-refractivity contribution is 6.30.